The van der Waals surface area contributed by atoms with E-state index < -0.39 is 0 Å². The van der Waals surface area contributed by atoms with Crippen LogP contribution in [0.1, 0.15) is 41.3 Å². The zero-order valence-electron chi connectivity index (χ0n) is 22.9. The minimum Gasteiger partial charge on any atom is -0.356 e. The van der Waals surface area contributed by atoms with Crippen LogP contribution in [0.3, 0.4) is 0 Å². The number of nitrogens with one attached hydrogen (secondary N) is 1. The first-order chi connectivity index (χ1) is 19.9. The van der Waals surface area contributed by atoms with Gasteiger partial charge in [-0.15, -0.1) is 6.42 Å². The highest BCUT2D eigenvalue weighted by Crippen LogP contribution is 2.33. The van der Waals surface area contributed by atoms with Gasteiger partial charge in [0.05, 0.1) is 23.5 Å². The number of hydrogen-bond acceptors (Lipinski definition) is 6. The van der Waals surface area contributed by atoms with Crippen molar-refractivity contribution in [2.45, 2.75) is 25.3 Å². The molecule has 0 atom stereocenters. The van der Waals surface area contributed by atoms with Gasteiger partial charge in [-0.05, 0) is 56.2 Å². The number of aromatic nitrogens is 5. The molecule has 0 spiro atoms. The van der Waals surface area contributed by atoms with Crippen molar-refractivity contribution >= 4 is 17.2 Å². The second-order valence-electron chi connectivity index (χ2n) is 10.6. The normalized spacial score (nSPS) is 14.4. The van der Waals surface area contributed by atoms with E-state index >= 15 is 0 Å². The molecule has 4 aromatic heterocycles. The van der Waals surface area contributed by atoms with Gasteiger partial charge in [0.15, 0.2) is 0 Å². The Morgan fingerprint density at radius 1 is 1.02 bits per heavy atom. The number of hydrogen-bond donors (Lipinski definition) is 1. The molecule has 9 heteroatoms. The van der Waals surface area contributed by atoms with Gasteiger partial charge in [-0.25, -0.2) is 9.50 Å². The maximum atomic E-state index is 12.9. The molecular formula is C32H28N8O. The summed E-state index contributed by atoms with van der Waals surface area (Å²) < 4.78 is 3.50. The maximum absolute atomic E-state index is 12.9. The van der Waals surface area contributed by atoms with E-state index in [1.807, 2.05) is 50.0 Å². The molecule has 1 N–H and O–H groups in total. The number of aryl methyl sites for hydroxylation is 1. The Hall–Kier alpha value is -5.41. The summed E-state index contributed by atoms with van der Waals surface area (Å²) in [6.45, 7) is 3.60. The largest absolute Gasteiger partial charge is 0.356 e. The van der Waals surface area contributed by atoms with E-state index in [-0.39, 0.29) is 11.4 Å². The predicted octanol–water partition coefficient (Wildman–Crippen LogP) is 4.44. The lowest BCUT2D eigenvalue weighted by Gasteiger charge is -2.40. The van der Waals surface area contributed by atoms with Gasteiger partial charge in [0.1, 0.15) is 11.9 Å². The van der Waals surface area contributed by atoms with E-state index in [0.717, 1.165) is 59.5 Å². The number of nitrogens with zero attached hydrogens (tertiary/aromatic N) is 7. The quantitative estimate of drug-likeness (QED) is 0.331. The van der Waals surface area contributed by atoms with Crippen molar-refractivity contribution in [3.8, 4) is 40.7 Å². The van der Waals surface area contributed by atoms with Crippen LogP contribution in [0.4, 0.5) is 5.82 Å². The number of amides is 1. The van der Waals surface area contributed by atoms with Gasteiger partial charge in [0.25, 0.3) is 5.91 Å². The average molecular weight is 541 g/mol. The molecule has 5 heterocycles. The lowest BCUT2D eigenvalue weighted by Crippen LogP contribution is -2.53. The van der Waals surface area contributed by atoms with Gasteiger partial charge in [-0.1, -0.05) is 12.0 Å². The Kier molecular flexibility index (Phi) is 6.49. The second-order valence-corrected chi connectivity index (χ2v) is 10.6. The van der Waals surface area contributed by atoms with E-state index in [2.05, 4.69) is 45.4 Å². The van der Waals surface area contributed by atoms with Crippen LogP contribution in [0.5, 0.6) is 0 Å². The topological polar surface area (TPSA) is 104 Å². The Balaban J connectivity index is 1.20. The van der Waals surface area contributed by atoms with Crippen LogP contribution in [-0.2, 0) is 7.05 Å². The van der Waals surface area contributed by atoms with Crippen LogP contribution >= 0.6 is 0 Å². The molecule has 202 valence electrons. The van der Waals surface area contributed by atoms with Gasteiger partial charge in [-0.2, -0.15) is 15.5 Å². The van der Waals surface area contributed by atoms with E-state index in [1.165, 1.54) is 0 Å². The van der Waals surface area contributed by atoms with E-state index in [9.17, 15) is 10.1 Å². The Morgan fingerprint density at radius 3 is 2.54 bits per heavy atom. The number of pyridine rings is 2. The van der Waals surface area contributed by atoms with Crippen LogP contribution in [0.2, 0.25) is 0 Å². The van der Waals surface area contributed by atoms with Crippen LogP contribution < -0.4 is 10.2 Å². The van der Waals surface area contributed by atoms with Crippen LogP contribution in [0, 0.1) is 23.7 Å². The van der Waals surface area contributed by atoms with Gasteiger partial charge >= 0.3 is 0 Å². The summed E-state index contributed by atoms with van der Waals surface area (Å²) in [6, 6.07) is 15.5. The first-order valence-electron chi connectivity index (χ1n) is 13.4. The zero-order valence-corrected chi connectivity index (χ0v) is 22.9. The molecule has 1 amide bonds. The van der Waals surface area contributed by atoms with Crippen molar-refractivity contribution in [2.24, 2.45) is 7.05 Å². The molecule has 1 aliphatic rings. The van der Waals surface area contributed by atoms with Crippen LogP contribution in [0.25, 0.3) is 27.8 Å². The molecule has 0 saturated carbocycles. The first kappa shape index (κ1) is 25.8. The molecular weight excluding hydrogens is 512 g/mol. The van der Waals surface area contributed by atoms with Crippen LogP contribution in [0.15, 0.2) is 73.4 Å². The molecule has 0 bridgehead atoms. The molecule has 0 unspecified atom stereocenters. The van der Waals surface area contributed by atoms with Gasteiger partial charge < -0.3 is 10.2 Å². The predicted molar refractivity (Wildman–Crippen MR) is 157 cm³/mol. The number of carbonyl (C=O) groups is 1. The third kappa shape index (κ3) is 5.02. The molecule has 0 aliphatic carbocycles. The minimum absolute atomic E-state index is 0.114. The Bertz CT molecular complexity index is 1840. The molecule has 1 aromatic carbocycles. The third-order valence-electron chi connectivity index (χ3n) is 7.73. The Labute approximate surface area is 238 Å². The SMILES string of the molecule is C#Cc1cccc(C(=O)NC2(C)CCN(c3ccc(-c4cc(-c5cnn(C)c5)cn5ncc(C#N)c45)cn3)CC2)c1. The van der Waals surface area contributed by atoms with Gasteiger partial charge in [0, 0.05) is 77.6 Å². The third-order valence-corrected chi connectivity index (χ3v) is 7.73. The summed E-state index contributed by atoms with van der Waals surface area (Å²) in [4.78, 5) is 19.9. The van der Waals surface area contributed by atoms with Gasteiger partial charge in [0.2, 0.25) is 0 Å². The smallest absolute Gasteiger partial charge is 0.251 e. The molecule has 1 fully saturated rings. The average Bonchev–Trinajstić information content (AvgIpc) is 3.63. The number of terminal acetylenes is 1. The lowest BCUT2D eigenvalue weighted by molar-refractivity contribution is 0.0891. The second kappa shape index (κ2) is 10.3. The lowest BCUT2D eigenvalue weighted by atomic mass is 9.89. The van der Waals surface area contributed by atoms with Crippen molar-refractivity contribution < 1.29 is 4.79 Å². The molecule has 0 radical (unpaired) electrons. The summed E-state index contributed by atoms with van der Waals surface area (Å²) in [6.07, 6.45) is 16.2. The molecule has 6 rings (SSSR count). The number of piperidine rings is 1. The van der Waals surface area contributed by atoms with Gasteiger partial charge in [-0.3, -0.25) is 9.48 Å². The number of fused-ring (bicyclic) bond motifs is 1. The van der Waals surface area contributed by atoms with E-state index in [4.69, 9.17) is 11.4 Å². The highest BCUT2D eigenvalue weighted by molar-refractivity contribution is 5.95. The zero-order chi connectivity index (χ0) is 28.6. The maximum Gasteiger partial charge on any atom is 0.251 e. The van der Waals surface area contributed by atoms with Crippen molar-refractivity contribution in [3.05, 3.63) is 90.1 Å². The number of rotatable bonds is 5. The fourth-order valence-corrected chi connectivity index (χ4v) is 5.33. The fourth-order valence-electron chi connectivity index (χ4n) is 5.33. The summed E-state index contributed by atoms with van der Waals surface area (Å²) in [5.41, 5.74) is 5.86. The molecule has 5 aromatic rings. The molecule has 1 aliphatic heterocycles. The molecule has 9 nitrogen and oxygen atoms in total. The van der Waals surface area contributed by atoms with Crippen molar-refractivity contribution in [1.29, 1.82) is 5.26 Å². The number of anilines is 1. The van der Waals surface area contributed by atoms with Crippen molar-refractivity contribution in [1.82, 2.24) is 29.7 Å². The highest BCUT2D eigenvalue weighted by Gasteiger charge is 2.32. The monoisotopic (exact) mass is 540 g/mol. The van der Waals surface area contributed by atoms with Crippen molar-refractivity contribution in [2.75, 3.05) is 18.0 Å². The van der Waals surface area contributed by atoms with Crippen molar-refractivity contribution in [3.63, 3.8) is 0 Å². The van der Waals surface area contributed by atoms with E-state index in [0.29, 0.717) is 16.7 Å². The Morgan fingerprint density at radius 2 is 1.85 bits per heavy atom. The number of carbonyl (C=O) groups excluding carboxylic acids is 1. The number of nitriles is 1. The molecule has 41 heavy (non-hydrogen) atoms. The first-order valence-corrected chi connectivity index (χ1v) is 13.4. The number of benzene rings is 1. The summed E-state index contributed by atoms with van der Waals surface area (Å²) >= 11 is 0. The van der Waals surface area contributed by atoms with Crippen LogP contribution in [-0.4, -0.2) is 48.9 Å². The summed E-state index contributed by atoms with van der Waals surface area (Å²) in [5.74, 6) is 3.34. The molecule has 1 saturated heterocycles. The minimum atomic E-state index is -0.326. The highest BCUT2D eigenvalue weighted by atomic mass is 16.1. The van der Waals surface area contributed by atoms with E-state index in [1.54, 1.807) is 33.6 Å². The summed E-state index contributed by atoms with van der Waals surface area (Å²) in [7, 11) is 1.88. The fraction of sp³-hybridized carbons (Fsp3) is 0.219. The summed E-state index contributed by atoms with van der Waals surface area (Å²) in [5, 5.41) is 21.6. The standard InChI is InChI=1S/C32H28N8O/c1-4-22-6-5-7-23(14-22)31(41)37-32(2)10-12-39(13-11-32)29-9-8-24(17-34-29)28-15-25(27-19-35-38(3)20-27)21-40-30(28)26(16-33)18-36-40/h1,5-9,14-15,17-21H,10-13H2,2-3H3,(H,37,41).